The average Bonchev–Trinajstić information content (AvgIpc) is 2.40. The van der Waals surface area contributed by atoms with Crippen LogP contribution in [0, 0.1) is 40.9 Å². The first-order valence-corrected chi connectivity index (χ1v) is 5.09. The molecule has 0 saturated heterocycles. The summed E-state index contributed by atoms with van der Waals surface area (Å²) in [4.78, 5) is 11.1. The van der Waals surface area contributed by atoms with E-state index in [1.165, 1.54) is 6.07 Å². The zero-order valence-corrected chi connectivity index (χ0v) is 9.93. The van der Waals surface area contributed by atoms with Gasteiger partial charge < -0.3 is 10.4 Å². The normalized spacial score (nSPS) is 8.53. The van der Waals surface area contributed by atoms with E-state index < -0.39 is 11.5 Å². The van der Waals surface area contributed by atoms with E-state index in [1.807, 2.05) is 0 Å². The fraction of sp³-hybridized carbons (Fsp3) is 0.0769. The van der Waals surface area contributed by atoms with Crippen molar-refractivity contribution >= 4 is 11.7 Å². The lowest BCUT2D eigenvalue weighted by Gasteiger charge is -2.11. The van der Waals surface area contributed by atoms with E-state index in [1.54, 1.807) is 37.3 Å². The van der Waals surface area contributed by atoms with Crippen molar-refractivity contribution in [2.75, 3.05) is 5.32 Å². The lowest BCUT2D eigenvalue weighted by Crippen LogP contribution is -2.08. The van der Waals surface area contributed by atoms with E-state index in [-0.39, 0.29) is 16.9 Å². The van der Waals surface area contributed by atoms with Crippen LogP contribution >= 0.6 is 0 Å². The molecule has 0 radical (unpaired) electrons. The van der Waals surface area contributed by atoms with E-state index in [0.29, 0.717) is 5.56 Å². The standard InChI is InChI=1S/C13H8N4O2/c1-8-3-2-4-10(13(18)19)12(8)17-11(7-16)9(5-14)6-15/h2-4,17H,1H3,(H,18,19). The molecule has 6 nitrogen and oxygen atoms in total. The van der Waals surface area contributed by atoms with Crippen molar-refractivity contribution in [2.45, 2.75) is 6.92 Å². The van der Waals surface area contributed by atoms with E-state index in [0.717, 1.165) is 0 Å². The maximum Gasteiger partial charge on any atom is 0.337 e. The van der Waals surface area contributed by atoms with Crippen LogP contribution < -0.4 is 5.32 Å². The van der Waals surface area contributed by atoms with Gasteiger partial charge in [-0.25, -0.2) is 4.79 Å². The molecule has 0 amide bonds. The number of benzene rings is 1. The molecule has 0 aromatic heterocycles. The van der Waals surface area contributed by atoms with Crippen LogP contribution in [0.25, 0.3) is 0 Å². The molecule has 0 saturated carbocycles. The highest BCUT2D eigenvalue weighted by molar-refractivity contribution is 5.95. The summed E-state index contributed by atoms with van der Waals surface area (Å²) in [5, 5.41) is 38.0. The van der Waals surface area contributed by atoms with Gasteiger partial charge >= 0.3 is 5.97 Å². The van der Waals surface area contributed by atoms with Crippen molar-refractivity contribution in [3.8, 4) is 18.2 Å². The SMILES string of the molecule is Cc1cccc(C(=O)O)c1NC(C#N)=C(C#N)C#N. The highest BCUT2D eigenvalue weighted by Gasteiger charge is 2.15. The Balaban J connectivity index is 3.40. The van der Waals surface area contributed by atoms with Crippen molar-refractivity contribution in [1.82, 2.24) is 0 Å². The van der Waals surface area contributed by atoms with Crippen molar-refractivity contribution < 1.29 is 9.90 Å². The Morgan fingerprint density at radius 1 is 1.21 bits per heavy atom. The summed E-state index contributed by atoms with van der Waals surface area (Å²) in [6, 6.07) is 9.42. The number of nitriles is 3. The third kappa shape index (κ3) is 2.88. The van der Waals surface area contributed by atoms with Crippen molar-refractivity contribution in [3.05, 3.63) is 40.6 Å². The number of aryl methyl sites for hydroxylation is 1. The van der Waals surface area contributed by atoms with Gasteiger partial charge in [0.1, 0.15) is 23.9 Å². The fourth-order valence-electron chi connectivity index (χ4n) is 1.42. The van der Waals surface area contributed by atoms with Gasteiger partial charge in [0.25, 0.3) is 0 Å². The van der Waals surface area contributed by atoms with Crippen LogP contribution in [0.5, 0.6) is 0 Å². The van der Waals surface area contributed by atoms with Gasteiger partial charge in [-0.05, 0) is 18.6 Å². The molecule has 2 N–H and O–H groups in total. The molecule has 19 heavy (non-hydrogen) atoms. The fourth-order valence-corrected chi connectivity index (χ4v) is 1.42. The Labute approximate surface area is 109 Å². The predicted molar refractivity (Wildman–Crippen MR) is 65.6 cm³/mol. The largest absolute Gasteiger partial charge is 0.478 e. The van der Waals surface area contributed by atoms with Gasteiger partial charge in [-0.1, -0.05) is 12.1 Å². The van der Waals surface area contributed by atoms with Crippen molar-refractivity contribution in [1.29, 1.82) is 15.8 Å². The Morgan fingerprint density at radius 2 is 1.84 bits per heavy atom. The van der Waals surface area contributed by atoms with Gasteiger partial charge in [0.15, 0.2) is 5.57 Å². The first-order valence-electron chi connectivity index (χ1n) is 5.09. The molecule has 0 aliphatic rings. The maximum absolute atomic E-state index is 11.1. The molecule has 1 aromatic carbocycles. The summed E-state index contributed by atoms with van der Waals surface area (Å²) in [6.45, 7) is 1.65. The topological polar surface area (TPSA) is 121 Å². The summed E-state index contributed by atoms with van der Waals surface area (Å²) in [5.74, 6) is -1.17. The summed E-state index contributed by atoms with van der Waals surface area (Å²) >= 11 is 0. The quantitative estimate of drug-likeness (QED) is 0.793. The zero-order valence-electron chi connectivity index (χ0n) is 9.93. The van der Waals surface area contributed by atoms with E-state index in [9.17, 15) is 4.79 Å². The van der Waals surface area contributed by atoms with Gasteiger partial charge in [0, 0.05) is 0 Å². The molecule has 0 aliphatic heterocycles. The van der Waals surface area contributed by atoms with Crippen LogP contribution in [0.1, 0.15) is 15.9 Å². The lowest BCUT2D eigenvalue weighted by molar-refractivity contribution is 0.0698. The zero-order chi connectivity index (χ0) is 14.4. The number of nitrogens with zero attached hydrogens (tertiary/aromatic N) is 3. The van der Waals surface area contributed by atoms with E-state index >= 15 is 0 Å². The molecule has 0 heterocycles. The molecule has 0 bridgehead atoms. The minimum atomic E-state index is -1.17. The number of hydrogen-bond donors (Lipinski definition) is 2. The second kappa shape index (κ2) is 5.86. The molecule has 0 spiro atoms. The molecule has 0 aliphatic carbocycles. The lowest BCUT2D eigenvalue weighted by atomic mass is 10.1. The Morgan fingerprint density at radius 3 is 2.32 bits per heavy atom. The van der Waals surface area contributed by atoms with Crippen LogP contribution in [0.15, 0.2) is 29.5 Å². The van der Waals surface area contributed by atoms with E-state index in [4.69, 9.17) is 20.9 Å². The molecule has 0 unspecified atom stereocenters. The third-order valence-electron chi connectivity index (χ3n) is 2.34. The number of anilines is 1. The molecule has 6 heteroatoms. The monoisotopic (exact) mass is 252 g/mol. The van der Waals surface area contributed by atoms with Crippen LogP contribution in [0.3, 0.4) is 0 Å². The third-order valence-corrected chi connectivity index (χ3v) is 2.34. The van der Waals surface area contributed by atoms with Crippen LogP contribution in [0.2, 0.25) is 0 Å². The number of rotatable bonds is 3. The number of hydrogen-bond acceptors (Lipinski definition) is 5. The second-order valence-corrected chi connectivity index (χ2v) is 3.51. The summed E-state index contributed by atoms with van der Waals surface area (Å²) in [6.07, 6.45) is 0. The van der Waals surface area contributed by atoms with E-state index in [2.05, 4.69) is 5.32 Å². The first kappa shape index (κ1) is 13.8. The maximum atomic E-state index is 11.1. The highest BCUT2D eigenvalue weighted by Crippen LogP contribution is 2.22. The summed E-state index contributed by atoms with van der Waals surface area (Å²) in [7, 11) is 0. The number of para-hydroxylation sites is 1. The van der Waals surface area contributed by atoms with Gasteiger partial charge in [-0.3, -0.25) is 0 Å². The Bertz CT molecular complexity index is 668. The minimum absolute atomic E-state index is 0.0389. The predicted octanol–water partition coefficient (Wildman–Crippen LogP) is 1.93. The molecular formula is C13H8N4O2. The number of carbonyl (C=O) groups is 1. The summed E-state index contributed by atoms with van der Waals surface area (Å²) in [5.41, 5.74) is 0.0595. The molecule has 1 rings (SSSR count). The number of aromatic carboxylic acids is 1. The second-order valence-electron chi connectivity index (χ2n) is 3.51. The highest BCUT2D eigenvalue weighted by atomic mass is 16.4. The van der Waals surface area contributed by atoms with Crippen LogP contribution in [-0.4, -0.2) is 11.1 Å². The molecule has 0 fully saturated rings. The summed E-state index contributed by atoms with van der Waals surface area (Å²) < 4.78 is 0. The minimum Gasteiger partial charge on any atom is -0.478 e. The van der Waals surface area contributed by atoms with Gasteiger partial charge in [0.05, 0.1) is 11.3 Å². The van der Waals surface area contributed by atoms with Gasteiger partial charge in [0.2, 0.25) is 0 Å². The van der Waals surface area contributed by atoms with Crippen LogP contribution in [0.4, 0.5) is 5.69 Å². The molecule has 1 aromatic rings. The molecule has 92 valence electrons. The Kier molecular flexibility index (Phi) is 4.24. The Hall–Kier alpha value is -3.30. The van der Waals surface area contributed by atoms with Gasteiger partial charge in [-0.15, -0.1) is 0 Å². The van der Waals surface area contributed by atoms with Gasteiger partial charge in [-0.2, -0.15) is 15.8 Å². The molecular weight excluding hydrogens is 244 g/mol. The number of nitrogens with one attached hydrogen (secondary N) is 1. The van der Waals surface area contributed by atoms with Crippen molar-refractivity contribution in [2.24, 2.45) is 0 Å². The smallest absolute Gasteiger partial charge is 0.337 e. The van der Waals surface area contributed by atoms with Crippen molar-refractivity contribution in [3.63, 3.8) is 0 Å². The number of carboxylic acids is 1. The molecule has 0 atom stereocenters. The average molecular weight is 252 g/mol. The van der Waals surface area contributed by atoms with Crippen LogP contribution in [-0.2, 0) is 0 Å². The number of carboxylic acid groups (broad SMARTS) is 1. The first-order chi connectivity index (χ1) is 9.04. The number of allylic oxidation sites excluding steroid dienone is 2.